The molecule has 6 nitrogen and oxygen atoms in total. The molecule has 2 aliphatic heterocycles. The predicted molar refractivity (Wildman–Crippen MR) is 94.3 cm³/mol. The third-order valence-electron chi connectivity index (χ3n) is 5.22. The number of carbonyl (C=O) groups excluding carboxylic acids is 2. The zero-order chi connectivity index (χ0) is 17.2. The van der Waals surface area contributed by atoms with Gasteiger partial charge in [0.05, 0.1) is 0 Å². The van der Waals surface area contributed by atoms with Gasteiger partial charge in [-0.2, -0.15) is 5.10 Å². The Labute approximate surface area is 146 Å². The smallest absolute Gasteiger partial charge is 0.242 e. The quantitative estimate of drug-likeness (QED) is 0.932. The van der Waals surface area contributed by atoms with Crippen LogP contribution in [-0.2, 0) is 16.0 Å². The van der Waals surface area contributed by atoms with Crippen molar-refractivity contribution in [3.63, 3.8) is 0 Å². The first-order chi connectivity index (χ1) is 12.2. The molecule has 0 bridgehead atoms. The van der Waals surface area contributed by atoms with Gasteiger partial charge in [-0.3, -0.25) is 14.7 Å². The summed E-state index contributed by atoms with van der Waals surface area (Å²) in [6.07, 6.45) is 5.00. The minimum absolute atomic E-state index is 0.0225. The van der Waals surface area contributed by atoms with Crippen molar-refractivity contribution in [3.05, 3.63) is 47.8 Å². The van der Waals surface area contributed by atoms with Crippen molar-refractivity contribution in [3.8, 4) is 0 Å². The van der Waals surface area contributed by atoms with Gasteiger partial charge < -0.3 is 9.80 Å². The number of carbonyl (C=O) groups is 2. The monoisotopic (exact) mass is 338 g/mol. The molecule has 1 N–H and O–H groups in total. The van der Waals surface area contributed by atoms with Gasteiger partial charge in [-0.25, -0.2) is 0 Å². The molecule has 130 valence electrons. The lowest BCUT2D eigenvalue weighted by molar-refractivity contribution is -0.132. The van der Waals surface area contributed by atoms with Crippen LogP contribution in [-0.4, -0.2) is 46.5 Å². The first kappa shape index (κ1) is 15.9. The van der Waals surface area contributed by atoms with Gasteiger partial charge in [0.1, 0.15) is 6.54 Å². The number of aryl methyl sites for hydroxylation is 1. The molecule has 1 aromatic carbocycles. The van der Waals surface area contributed by atoms with Crippen LogP contribution in [0.4, 0.5) is 5.69 Å². The molecule has 0 radical (unpaired) electrons. The minimum atomic E-state index is 0.0225. The van der Waals surface area contributed by atoms with E-state index in [-0.39, 0.29) is 18.4 Å². The number of aromatic amines is 1. The molecule has 0 spiro atoms. The van der Waals surface area contributed by atoms with E-state index in [0.29, 0.717) is 18.9 Å². The zero-order valence-corrected chi connectivity index (χ0v) is 14.1. The molecule has 1 saturated heterocycles. The third kappa shape index (κ3) is 3.16. The Morgan fingerprint density at radius 1 is 1.24 bits per heavy atom. The van der Waals surface area contributed by atoms with Crippen LogP contribution in [0.1, 0.15) is 36.4 Å². The van der Waals surface area contributed by atoms with Crippen LogP contribution in [0.25, 0.3) is 0 Å². The van der Waals surface area contributed by atoms with E-state index >= 15 is 0 Å². The van der Waals surface area contributed by atoms with Gasteiger partial charge in [0.15, 0.2) is 0 Å². The van der Waals surface area contributed by atoms with E-state index < -0.39 is 0 Å². The predicted octanol–water partition coefficient (Wildman–Crippen LogP) is 2.10. The van der Waals surface area contributed by atoms with E-state index in [1.165, 1.54) is 0 Å². The number of hydrogen-bond acceptors (Lipinski definition) is 3. The highest BCUT2D eigenvalue weighted by Gasteiger charge is 2.30. The Morgan fingerprint density at radius 3 is 2.96 bits per heavy atom. The van der Waals surface area contributed by atoms with Gasteiger partial charge in [-0.1, -0.05) is 18.2 Å². The van der Waals surface area contributed by atoms with Crippen molar-refractivity contribution in [1.82, 2.24) is 15.1 Å². The Balaban J connectivity index is 1.47. The Morgan fingerprint density at radius 2 is 2.12 bits per heavy atom. The van der Waals surface area contributed by atoms with Gasteiger partial charge in [0.25, 0.3) is 0 Å². The molecule has 4 rings (SSSR count). The molecular weight excluding hydrogens is 316 g/mol. The molecule has 0 unspecified atom stereocenters. The summed E-state index contributed by atoms with van der Waals surface area (Å²) in [6, 6.07) is 9.85. The number of aromatic nitrogens is 2. The molecule has 1 atom stereocenters. The van der Waals surface area contributed by atoms with Crippen molar-refractivity contribution in [2.24, 2.45) is 0 Å². The Bertz CT molecular complexity index is 771. The largest absolute Gasteiger partial charge is 0.340 e. The summed E-state index contributed by atoms with van der Waals surface area (Å²) in [5, 5.41) is 7.03. The van der Waals surface area contributed by atoms with Gasteiger partial charge in [-0.15, -0.1) is 0 Å². The molecule has 6 heteroatoms. The summed E-state index contributed by atoms with van der Waals surface area (Å²) in [5.41, 5.74) is 3.11. The third-order valence-corrected chi connectivity index (χ3v) is 5.22. The van der Waals surface area contributed by atoms with Crippen molar-refractivity contribution in [2.45, 2.75) is 31.6 Å². The number of nitrogens with one attached hydrogen (secondary N) is 1. The van der Waals surface area contributed by atoms with Crippen molar-refractivity contribution in [1.29, 1.82) is 0 Å². The second kappa shape index (κ2) is 6.70. The molecule has 0 saturated carbocycles. The van der Waals surface area contributed by atoms with E-state index in [0.717, 1.165) is 42.8 Å². The number of piperidine rings is 1. The molecule has 3 heterocycles. The number of rotatable bonds is 3. The number of amides is 2. The summed E-state index contributed by atoms with van der Waals surface area (Å²) in [6.45, 7) is 1.57. The average Bonchev–Trinajstić information content (AvgIpc) is 3.19. The Kier molecular flexibility index (Phi) is 4.26. The zero-order valence-electron chi connectivity index (χ0n) is 14.1. The number of anilines is 1. The van der Waals surface area contributed by atoms with Crippen LogP contribution < -0.4 is 4.90 Å². The fourth-order valence-electron chi connectivity index (χ4n) is 3.86. The standard InChI is InChI=1S/C19H22N4O2/c24-18-8-7-14-4-1-2-6-17(14)23(18)13-19(25)22-11-3-5-15(12-22)16-9-10-20-21-16/h1-2,4,6,9-10,15H,3,5,7-8,11-13H2,(H,20,21)/t15-/m0/s1. The Hall–Kier alpha value is -2.63. The molecule has 1 fully saturated rings. The SMILES string of the molecule is O=C(CN1C(=O)CCc2ccccc21)N1CCC[C@H](c2ccn[nH]2)C1. The summed E-state index contributed by atoms with van der Waals surface area (Å²) in [7, 11) is 0. The summed E-state index contributed by atoms with van der Waals surface area (Å²) < 4.78 is 0. The molecule has 25 heavy (non-hydrogen) atoms. The lowest BCUT2D eigenvalue weighted by Crippen LogP contribution is -2.47. The topological polar surface area (TPSA) is 69.3 Å². The highest BCUT2D eigenvalue weighted by atomic mass is 16.2. The fraction of sp³-hybridized carbons (Fsp3) is 0.421. The molecule has 1 aromatic heterocycles. The number of benzene rings is 1. The van der Waals surface area contributed by atoms with Gasteiger partial charge in [-0.05, 0) is 37.0 Å². The maximum atomic E-state index is 12.8. The van der Waals surface area contributed by atoms with Crippen molar-refractivity contribution >= 4 is 17.5 Å². The number of hydrogen-bond donors (Lipinski definition) is 1. The number of para-hydroxylation sites is 1. The van der Waals surface area contributed by atoms with Crippen molar-refractivity contribution in [2.75, 3.05) is 24.5 Å². The molecule has 2 aliphatic rings. The maximum Gasteiger partial charge on any atom is 0.242 e. The van der Waals surface area contributed by atoms with E-state index in [1.54, 1.807) is 11.1 Å². The summed E-state index contributed by atoms with van der Waals surface area (Å²) in [4.78, 5) is 28.8. The van der Waals surface area contributed by atoms with Crippen LogP contribution >= 0.6 is 0 Å². The van der Waals surface area contributed by atoms with Gasteiger partial charge >= 0.3 is 0 Å². The lowest BCUT2D eigenvalue weighted by Gasteiger charge is -2.35. The molecular formula is C19H22N4O2. The van der Waals surface area contributed by atoms with Gasteiger partial charge in [0, 0.05) is 43.0 Å². The minimum Gasteiger partial charge on any atom is -0.340 e. The molecule has 0 aliphatic carbocycles. The normalized spacial score (nSPS) is 20.5. The van der Waals surface area contributed by atoms with E-state index in [4.69, 9.17) is 0 Å². The van der Waals surface area contributed by atoms with E-state index in [9.17, 15) is 9.59 Å². The summed E-state index contributed by atoms with van der Waals surface area (Å²) >= 11 is 0. The van der Waals surface area contributed by atoms with Gasteiger partial charge in [0.2, 0.25) is 11.8 Å². The number of fused-ring (bicyclic) bond motifs is 1. The van der Waals surface area contributed by atoms with E-state index in [2.05, 4.69) is 10.2 Å². The highest BCUT2D eigenvalue weighted by molar-refractivity contribution is 6.01. The average molecular weight is 338 g/mol. The van der Waals surface area contributed by atoms with E-state index in [1.807, 2.05) is 35.2 Å². The van der Waals surface area contributed by atoms with Crippen LogP contribution in [0.15, 0.2) is 36.5 Å². The summed E-state index contributed by atoms with van der Waals surface area (Å²) in [5.74, 6) is 0.355. The fourth-order valence-corrected chi connectivity index (χ4v) is 3.86. The first-order valence-corrected chi connectivity index (χ1v) is 8.87. The number of H-pyrrole nitrogens is 1. The van der Waals surface area contributed by atoms with Crippen LogP contribution in [0.5, 0.6) is 0 Å². The second-order valence-electron chi connectivity index (χ2n) is 6.80. The van der Waals surface area contributed by atoms with Crippen LogP contribution in [0.2, 0.25) is 0 Å². The number of nitrogens with zero attached hydrogens (tertiary/aromatic N) is 3. The highest BCUT2D eigenvalue weighted by Crippen LogP contribution is 2.29. The molecule has 2 amide bonds. The number of likely N-dealkylation sites (tertiary alicyclic amines) is 1. The van der Waals surface area contributed by atoms with Crippen molar-refractivity contribution < 1.29 is 9.59 Å². The van der Waals surface area contributed by atoms with Crippen LogP contribution in [0.3, 0.4) is 0 Å². The van der Waals surface area contributed by atoms with Crippen LogP contribution in [0, 0.1) is 0 Å². The first-order valence-electron chi connectivity index (χ1n) is 8.87. The maximum absolute atomic E-state index is 12.8. The second-order valence-corrected chi connectivity index (χ2v) is 6.80. The lowest BCUT2D eigenvalue weighted by atomic mass is 9.95. The molecule has 2 aromatic rings.